The Balaban J connectivity index is 0.000000665. The Bertz CT molecular complexity index is 733. The molecule has 0 aliphatic carbocycles. The number of hydrogen-bond donors (Lipinski definition) is 4. The topological polar surface area (TPSA) is 153 Å². The minimum absolute atomic E-state index is 0.483. The van der Waals surface area contributed by atoms with Gasteiger partial charge in [-0.1, -0.05) is 44.5 Å². The maximum Gasteiger partial charge on any atom is 0.320 e. The van der Waals surface area contributed by atoms with E-state index in [9.17, 15) is 18.0 Å². The van der Waals surface area contributed by atoms with Crippen molar-refractivity contribution in [2.24, 2.45) is 17.4 Å². The van der Waals surface area contributed by atoms with Gasteiger partial charge in [0.05, 0.1) is 12.2 Å². The van der Waals surface area contributed by atoms with E-state index in [0.717, 1.165) is 31.1 Å². The molecule has 0 bridgehead atoms. The third-order valence-electron chi connectivity index (χ3n) is 4.09. The first-order valence-electron chi connectivity index (χ1n) is 9.66. The average molecular weight is 430 g/mol. The number of carbonyl (C=O) groups is 2. The Hall–Kier alpha value is -1.97. The molecule has 1 aromatic carbocycles. The predicted octanol–water partition coefficient (Wildman–Crippen LogP) is 1.59. The largest absolute Gasteiger partial charge is 0.480 e. The lowest BCUT2D eigenvalue weighted by Gasteiger charge is -2.12. The van der Waals surface area contributed by atoms with Gasteiger partial charge in [-0.05, 0) is 49.8 Å². The summed E-state index contributed by atoms with van der Waals surface area (Å²) in [6, 6.07) is 7.01. The second kappa shape index (κ2) is 13.3. The molecule has 0 saturated heterocycles. The number of rotatable bonds is 10. The zero-order valence-electron chi connectivity index (χ0n) is 17.7. The van der Waals surface area contributed by atoms with Gasteiger partial charge in [0, 0.05) is 0 Å². The summed E-state index contributed by atoms with van der Waals surface area (Å²) in [4.78, 5) is 21.9. The van der Waals surface area contributed by atoms with Crippen LogP contribution < -0.4 is 16.2 Å². The van der Waals surface area contributed by atoms with Crippen LogP contribution >= 0.6 is 0 Å². The number of sulfonamides is 1. The van der Waals surface area contributed by atoms with E-state index in [-0.39, 0.29) is 0 Å². The Labute approximate surface area is 174 Å². The standard InChI is InChI=1S/C14H21NO3S.C6H14N2O2/c1-10(2)9-12-5-7-13(8-6-12)11(3)14(16)15-19(4,17)18;7-4-2-1-3-5(8)6(9)10/h5-8,10-11H,9H2,1-4H3,(H,15,16);5H,1-4,7-8H2,(H,9,10)/t11-;5-/m00/s1. The first-order valence-corrected chi connectivity index (χ1v) is 11.6. The Morgan fingerprint density at radius 2 is 1.66 bits per heavy atom. The van der Waals surface area contributed by atoms with Crippen LogP contribution in [0.5, 0.6) is 0 Å². The number of carboxylic acid groups (broad SMARTS) is 1. The predicted molar refractivity (Wildman–Crippen MR) is 115 cm³/mol. The molecule has 0 saturated carbocycles. The lowest BCUT2D eigenvalue weighted by molar-refractivity contribution is -0.138. The van der Waals surface area contributed by atoms with Gasteiger partial charge in [-0.2, -0.15) is 0 Å². The first kappa shape index (κ1) is 27.0. The van der Waals surface area contributed by atoms with Crippen molar-refractivity contribution in [3.05, 3.63) is 35.4 Å². The smallest absolute Gasteiger partial charge is 0.320 e. The Kier molecular flexibility index (Phi) is 12.4. The second-order valence-corrected chi connectivity index (χ2v) is 9.28. The van der Waals surface area contributed by atoms with Crippen LogP contribution in [-0.2, 0) is 26.0 Å². The minimum Gasteiger partial charge on any atom is -0.480 e. The van der Waals surface area contributed by atoms with E-state index in [0.29, 0.717) is 18.9 Å². The fourth-order valence-electron chi connectivity index (χ4n) is 2.47. The number of carbonyl (C=O) groups excluding carboxylic acids is 1. The van der Waals surface area contributed by atoms with Crippen molar-refractivity contribution in [1.29, 1.82) is 0 Å². The van der Waals surface area contributed by atoms with Crippen molar-refractivity contribution in [2.75, 3.05) is 12.8 Å². The van der Waals surface area contributed by atoms with E-state index in [1.54, 1.807) is 6.92 Å². The van der Waals surface area contributed by atoms with Crippen LogP contribution in [0.25, 0.3) is 0 Å². The zero-order valence-corrected chi connectivity index (χ0v) is 18.5. The van der Waals surface area contributed by atoms with Crippen molar-refractivity contribution in [3.63, 3.8) is 0 Å². The molecule has 1 rings (SSSR count). The molecule has 1 amide bonds. The Morgan fingerprint density at radius 1 is 1.10 bits per heavy atom. The molecular weight excluding hydrogens is 394 g/mol. The second-order valence-electron chi connectivity index (χ2n) is 7.53. The third-order valence-corrected chi connectivity index (χ3v) is 4.66. The summed E-state index contributed by atoms with van der Waals surface area (Å²) < 4.78 is 24.0. The van der Waals surface area contributed by atoms with Gasteiger partial charge < -0.3 is 16.6 Å². The van der Waals surface area contributed by atoms with Crippen LogP contribution in [-0.4, -0.2) is 44.2 Å². The number of nitrogens with one attached hydrogen (secondary N) is 1. The van der Waals surface area contributed by atoms with Gasteiger partial charge in [-0.3, -0.25) is 14.3 Å². The fourth-order valence-corrected chi connectivity index (χ4v) is 3.01. The highest BCUT2D eigenvalue weighted by Crippen LogP contribution is 2.17. The molecule has 8 nitrogen and oxygen atoms in total. The fraction of sp³-hybridized carbons (Fsp3) is 0.600. The molecule has 166 valence electrons. The summed E-state index contributed by atoms with van der Waals surface area (Å²) in [5.41, 5.74) is 12.5. The molecule has 0 aromatic heterocycles. The van der Waals surface area contributed by atoms with Crippen LogP contribution in [0.15, 0.2) is 24.3 Å². The summed E-state index contributed by atoms with van der Waals surface area (Å²) in [6.07, 6.45) is 4.13. The normalized spacial score (nSPS) is 13.2. The molecule has 0 spiro atoms. The lowest BCUT2D eigenvalue weighted by Crippen LogP contribution is -2.32. The summed E-state index contributed by atoms with van der Waals surface area (Å²) >= 11 is 0. The van der Waals surface area contributed by atoms with Gasteiger partial charge in [-0.15, -0.1) is 0 Å². The van der Waals surface area contributed by atoms with E-state index < -0.39 is 33.9 Å². The molecule has 1 aromatic rings. The number of benzene rings is 1. The third kappa shape index (κ3) is 13.0. The molecule has 0 heterocycles. The first-order chi connectivity index (χ1) is 13.4. The van der Waals surface area contributed by atoms with Crippen LogP contribution in [0.4, 0.5) is 0 Å². The van der Waals surface area contributed by atoms with Crippen molar-refractivity contribution in [3.8, 4) is 0 Å². The molecule has 6 N–H and O–H groups in total. The van der Waals surface area contributed by atoms with E-state index in [1.165, 1.54) is 5.56 Å². The number of nitrogens with two attached hydrogens (primary N) is 2. The van der Waals surface area contributed by atoms with Crippen molar-refractivity contribution in [2.45, 2.75) is 58.4 Å². The molecular formula is C20H35N3O5S. The van der Waals surface area contributed by atoms with Crippen LogP contribution in [0.2, 0.25) is 0 Å². The maximum absolute atomic E-state index is 11.7. The van der Waals surface area contributed by atoms with Gasteiger partial charge in [0.25, 0.3) is 0 Å². The van der Waals surface area contributed by atoms with Gasteiger partial charge in [0.1, 0.15) is 6.04 Å². The van der Waals surface area contributed by atoms with Crippen LogP contribution in [0.3, 0.4) is 0 Å². The molecule has 0 aliphatic heterocycles. The van der Waals surface area contributed by atoms with E-state index in [4.69, 9.17) is 16.6 Å². The highest BCUT2D eigenvalue weighted by Gasteiger charge is 2.18. The SMILES string of the molecule is CC(C)Cc1ccc([C@H](C)C(=O)NS(C)(=O)=O)cc1.NCCCC[C@H](N)C(=O)O. The molecule has 0 unspecified atom stereocenters. The summed E-state index contributed by atoms with van der Waals surface area (Å²) in [7, 11) is -3.50. The van der Waals surface area contributed by atoms with Crippen molar-refractivity contribution in [1.82, 2.24) is 4.72 Å². The molecule has 0 aliphatic rings. The van der Waals surface area contributed by atoms with Gasteiger partial charge in [-0.25, -0.2) is 8.42 Å². The summed E-state index contributed by atoms with van der Waals surface area (Å²) in [5.74, 6) is -1.34. The number of aliphatic carboxylic acids is 1. The maximum atomic E-state index is 11.7. The van der Waals surface area contributed by atoms with Crippen molar-refractivity contribution < 1.29 is 23.1 Å². The van der Waals surface area contributed by atoms with Crippen LogP contribution in [0, 0.1) is 5.92 Å². The summed E-state index contributed by atoms with van der Waals surface area (Å²) in [6.45, 7) is 6.59. The zero-order chi connectivity index (χ0) is 22.6. The number of hydrogen-bond acceptors (Lipinski definition) is 6. The molecule has 0 fully saturated rings. The summed E-state index contributed by atoms with van der Waals surface area (Å²) in [5, 5.41) is 8.33. The number of amides is 1. The average Bonchev–Trinajstić information content (AvgIpc) is 2.60. The highest BCUT2D eigenvalue weighted by molar-refractivity contribution is 7.89. The minimum atomic E-state index is -3.50. The van der Waals surface area contributed by atoms with Crippen molar-refractivity contribution >= 4 is 21.9 Å². The van der Waals surface area contributed by atoms with E-state index in [2.05, 4.69) is 13.8 Å². The van der Waals surface area contributed by atoms with Gasteiger partial charge in [0.15, 0.2) is 0 Å². The Morgan fingerprint density at radius 3 is 2.07 bits per heavy atom. The number of unbranched alkanes of at least 4 members (excludes halogenated alkanes) is 1. The molecule has 2 atom stereocenters. The van der Waals surface area contributed by atoms with Crippen LogP contribution in [0.1, 0.15) is 57.1 Å². The lowest BCUT2D eigenvalue weighted by atomic mass is 9.96. The molecule has 29 heavy (non-hydrogen) atoms. The molecule has 0 radical (unpaired) electrons. The van der Waals surface area contributed by atoms with E-state index >= 15 is 0 Å². The molecule has 9 heteroatoms. The highest BCUT2D eigenvalue weighted by atomic mass is 32.2. The number of carboxylic acids is 1. The van der Waals surface area contributed by atoms with E-state index in [1.807, 2.05) is 29.0 Å². The monoisotopic (exact) mass is 429 g/mol. The quantitative estimate of drug-likeness (QED) is 0.412. The van der Waals surface area contributed by atoms with Gasteiger partial charge >= 0.3 is 5.97 Å². The van der Waals surface area contributed by atoms with Gasteiger partial charge in [0.2, 0.25) is 15.9 Å².